The summed E-state index contributed by atoms with van der Waals surface area (Å²) < 4.78 is 6.97. The molecule has 5 nitrogen and oxygen atoms in total. The summed E-state index contributed by atoms with van der Waals surface area (Å²) in [6.07, 6.45) is 2.70. The second-order valence-corrected chi connectivity index (χ2v) is 5.82. The van der Waals surface area contributed by atoms with Gasteiger partial charge in [0.1, 0.15) is 6.10 Å². The highest BCUT2D eigenvalue weighted by Crippen LogP contribution is 2.52. The van der Waals surface area contributed by atoms with Crippen LogP contribution in [0.2, 0.25) is 0 Å². The Labute approximate surface area is 120 Å². The molecule has 1 aliphatic carbocycles. The highest BCUT2D eigenvalue weighted by atomic mass is 16.5. The summed E-state index contributed by atoms with van der Waals surface area (Å²) in [5, 5.41) is 24.8. The Bertz CT molecular complexity index is 532. The van der Waals surface area contributed by atoms with Crippen molar-refractivity contribution in [1.82, 2.24) is 9.78 Å². The van der Waals surface area contributed by atoms with Gasteiger partial charge in [-0.25, -0.2) is 4.68 Å². The summed E-state index contributed by atoms with van der Waals surface area (Å²) in [4.78, 5) is 0. The minimum atomic E-state index is -0.840. The lowest BCUT2D eigenvalue weighted by molar-refractivity contribution is 0.0611. The van der Waals surface area contributed by atoms with E-state index < -0.39 is 11.5 Å². The molecular weight excluding hydrogens is 254 g/mol. The molecule has 3 atom stereocenters. The van der Waals surface area contributed by atoms with Gasteiger partial charge in [0.25, 0.3) is 0 Å². The lowest BCUT2D eigenvalue weighted by Crippen LogP contribution is -2.25. The maximum atomic E-state index is 10.8. The van der Waals surface area contributed by atoms with E-state index in [2.05, 4.69) is 18.1 Å². The van der Waals surface area contributed by atoms with E-state index >= 15 is 0 Å². The zero-order valence-electron chi connectivity index (χ0n) is 12.7. The zero-order chi connectivity index (χ0) is 14.9. The first kappa shape index (κ1) is 14.9. The van der Waals surface area contributed by atoms with Gasteiger partial charge in [-0.05, 0) is 32.1 Å². The van der Waals surface area contributed by atoms with E-state index in [1.165, 1.54) is 0 Å². The van der Waals surface area contributed by atoms with Gasteiger partial charge in [-0.3, -0.25) is 0 Å². The number of aryl methyl sites for hydroxylation is 2. The van der Waals surface area contributed by atoms with E-state index in [1.807, 2.05) is 6.92 Å². The summed E-state index contributed by atoms with van der Waals surface area (Å²) in [6, 6.07) is 2.39. The number of hydrogen-bond acceptors (Lipinski definition) is 4. The Kier molecular flexibility index (Phi) is 4.05. The normalized spacial score (nSPS) is 27.3. The molecule has 20 heavy (non-hydrogen) atoms. The minimum Gasteiger partial charge on any atom is -0.481 e. The fraction of sp³-hybridized carbons (Fsp3) is 0.733. The number of hydrogen-bond donors (Lipinski definition) is 1. The zero-order valence-corrected chi connectivity index (χ0v) is 12.7. The van der Waals surface area contributed by atoms with Crippen LogP contribution in [0.25, 0.3) is 0 Å². The van der Waals surface area contributed by atoms with Gasteiger partial charge in [-0.1, -0.05) is 13.3 Å². The molecule has 2 rings (SSSR count). The average molecular weight is 277 g/mol. The quantitative estimate of drug-likeness (QED) is 0.917. The Hall–Kier alpha value is -1.54. The number of methoxy groups -OCH3 is 1. The first-order valence-corrected chi connectivity index (χ1v) is 7.15. The number of aliphatic hydroxyl groups excluding tert-OH is 1. The van der Waals surface area contributed by atoms with Crippen molar-refractivity contribution in [3.05, 3.63) is 11.3 Å². The smallest absolute Gasteiger partial charge is 0.217 e. The van der Waals surface area contributed by atoms with E-state index in [1.54, 1.807) is 18.8 Å². The molecule has 1 fully saturated rings. The summed E-state index contributed by atoms with van der Waals surface area (Å²) in [5.41, 5.74) is 0.682. The Morgan fingerprint density at radius 2 is 2.35 bits per heavy atom. The number of aromatic nitrogens is 2. The third-order valence-corrected chi connectivity index (χ3v) is 4.66. The van der Waals surface area contributed by atoms with Gasteiger partial charge in [-0.2, -0.15) is 10.4 Å². The van der Waals surface area contributed by atoms with Crippen LogP contribution in [0.15, 0.2) is 0 Å². The van der Waals surface area contributed by atoms with E-state index in [0.29, 0.717) is 17.4 Å². The molecule has 1 aromatic rings. The molecule has 110 valence electrons. The van der Waals surface area contributed by atoms with Crippen LogP contribution in [0.1, 0.15) is 50.0 Å². The van der Waals surface area contributed by atoms with Crippen LogP contribution in [0.3, 0.4) is 0 Å². The molecule has 3 unspecified atom stereocenters. The van der Waals surface area contributed by atoms with Crippen molar-refractivity contribution in [2.45, 2.75) is 45.6 Å². The Morgan fingerprint density at radius 3 is 2.85 bits per heavy atom. The fourth-order valence-electron chi connectivity index (χ4n) is 3.43. The van der Waals surface area contributed by atoms with Gasteiger partial charge < -0.3 is 9.84 Å². The molecule has 0 saturated heterocycles. The highest BCUT2D eigenvalue weighted by Gasteiger charge is 2.47. The number of nitriles is 1. The summed E-state index contributed by atoms with van der Waals surface area (Å²) >= 11 is 0. The van der Waals surface area contributed by atoms with Crippen LogP contribution in [0, 0.1) is 29.6 Å². The number of rotatable bonds is 4. The van der Waals surface area contributed by atoms with Crippen molar-refractivity contribution >= 4 is 0 Å². The maximum Gasteiger partial charge on any atom is 0.217 e. The van der Waals surface area contributed by atoms with Gasteiger partial charge in [0.2, 0.25) is 5.88 Å². The van der Waals surface area contributed by atoms with Gasteiger partial charge in [-0.15, -0.1) is 0 Å². The van der Waals surface area contributed by atoms with Crippen LogP contribution < -0.4 is 4.74 Å². The van der Waals surface area contributed by atoms with Gasteiger partial charge >= 0.3 is 0 Å². The van der Waals surface area contributed by atoms with Crippen molar-refractivity contribution in [3.63, 3.8) is 0 Å². The highest BCUT2D eigenvalue weighted by molar-refractivity contribution is 5.36. The van der Waals surface area contributed by atoms with Crippen LogP contribution in [0.5, 0.6) is 5.88 Å². The predicted molar refractivity (Wildman–Crippen MR) is 75.1 cm³/mol. The molecule has 1 saturated carbocycles. The van der Waals surface area contributed by atoms with Crippen molar-refractivity contribution < 1.29 is 9.84 Å². The summed E-state index contributed by atoms with van der Waals surface area (Å²) in [6.45, 7) is 3.98. The van der Waals surface area contributed by atoms with Gasteiger partial charge in [0.15, 0.2) is 0 Å². The Balaban J connectivity index is 2.40. The van der Waals surface area contributed by atoms with Crippen molar-refractivity contribution in [1.29, 1.82) is 5.26 Å². The monoisotopic (exact) mass is 277 g/mol. The van der Waals surface area contributed by atoms with E-state index in [0.717, 1.165) is 31.4 Å². The maximum absolute atomic E-state index is 10.8. The lowest BCUT2D eigenvalue weighted by atomic mass is 9.77. The summed E-state index contributed by atoms with van der Waals surface area (Å²) in [7, 11) is 3.35. The Morgan fingerprint density at radius 1 is 1.65 bits per heavy atom. The minimum absolute atomic E-state index is 0.521. The summed E-state index contributed by atoms with van der Waals surface area (Å²) in [5.74, 6) is 1.07. The van der Waals surface area contributed by atoms with E-state index in [9.17, 15) is 10.4 Å². The molecule has 1 aliphatic rings. The van der Waals surface area contributed by atoms with E-state index in [-0.39, 0.29) is 0 Å². The standard InChI is InChI=1S/C15H23N3O2/c1-5-11-6-7-15(8-11,9-16)13(19)12-10(2)17-18(3)14(12)20-4/h11,13,19H,5-8H2,1-4H3. The predicted octanol–water partition coefficient (Wildman–Crippen LogP) is 2.49. The van der Waals surface area contributed by atoms with Gasteiger partial charge in [0.05, 0.1) is 29.9 Å². The third kappa shape index (κ3) is 2.18. The SMILES string of the molecule is CCC1CCC(C#N)(C(O)c2c(C)nn(C)c2OC)C1. The second-order valence-electron chi connectivity index (χ2n) is 5.82. The largest absolute Gasteiger partial charge is 0.481 e. The molecule has 1 aromatic heterocycles. The average Bonchev–Trinajstić information content (AvgIpc) is 2.99. The number of aliphatic hydroxyl groups is 1. The van der Waals surface area contributed by atoms with Crippen LogP contribution in [-0.4, -0.2) is 22.0 Å². The molecule has 0 bridgehead atoms. The molecule has 0 radical (unpaired) electrons. The van der Waals surface area contributed by atoms with Crippen LogP contribution in [-0.2, 0) is 7.05 Å². The molecule has 0 aliphatic heterocycles. The molecular formula is C15H23N3O2. The third-order valence-electron chi connectivity index (χ3n) is 4.66. The number of ether oxygens (including phenoxy) is 1. The van der Waals surface area contributed by atoms with Crippen LogP contribution >= 0.6 is 0 Å². The molecule has 5 heteroatoms. The van der Waals surface area contributed by atoms with Crippen molar-refractivity contribution in [2.24, 2.45) is 18.4 Å². The van der Waals surface area contributed by atoms with Crippen molar-refractivity contribution in [2.75, 3.05) is 7.11 Å². The fourth-order valence-corrected chi connectivity index (χ4v) is 3.43. The molecule has 0 aromatic carbocycles. The van der Waals surface area contributed by atoms with Gasteiger partial charge in [0, 0.05) is 7.05 Å². The topological polar surface area (TPSA) is 71.1 Å². The van der Waals surface area contributed by atoms with Crippen molar-refractivity contribution in [3.8, 4) is 11.9 Å². The second kappa shape index (κ2) is 5.45. The number of nitrogens with zero attached hydrogens (tertiary/aromatic N) is 3. The first-order valence-electron chi connectivity index (χ1n) is 7.15. The molecule has 0 amide bonds. The van der Waals surface area contributed by atoms with E-state index in [4.69, 9.17) is 4.74 Å². The van der Waals surface area contributed by atoms with Crippen LogP contribution in [0.4, 0.5) is 0 Å². The molecule has 0 spiro atoms. The first-order chi connectivity index (χ1) is 9.49. The molecule has 1 heterocycles. The lowest BCUT2D eigenvalue weighted by Gasteiger charge is -2.27. The molecule has 1 N–H and O–H groups in total.